The zero-order chi connectivity index (χ0) is 24.9. The molecule has 2 atom stereocenters. The van der Waals surface area contributed by atoms with Crippen LogP contribution >= 0.6 is 0 Å². The first kappa shape index (κ1) is 23.9. The summed E-state index contributed by atoms with van der Waals surface area (Å²) in [5.41, 5.74) is 3.74. The van der Waals surface area contributed by atoms with Crippen molar-refractivity contribution >= 4 is 17.1 Å². The van der Waals surface area contributed by atoms with Gasteiger partial charge in [-0.1, -0.05) is 24.6 Å². The van der Waals surface area contributed by atoms with E-state index in [9.17, 15) is 9.90 Å². The molecule has 1 fully saturated rings. The van der Waals surface area contributed by atoms with E-state index in [0.29, 0.717) is 18.1 Å². The lowest BCUT2D eigenvalue weighted by Gasteiger charge is -2.23. The second-order valence-corrected chi connectivity index (χ2v) is 8.87. The summed E-state index contributed by atoms with van der Waals surface area (Å²) in [6, 6.07) is 5.65. The van der Waals surface area contributed by atoms with Gasteiger partial charge in [0.25, 0.3) is 0 Å². The number of aryl methyl sites for hydroxylation is 1. The normalized spacial score (nSPS) is 20.2. The van der Waals surface area contributed by atoms with E-state index in [1.54, 1.807) is 19.4 Å². The molecule has 188 valence electrons. The second-order valence-electron chi connectivity index (χ2n) is 8.87. The molecule has 0 radical (unpaired) electrons. The number of aliphatic hydroxyl groups excluding tert-OH is 1. The number of hydrogen-bond donors (Lipinski definition) is 1. The van der Waals surface area contributed by atoms with Gasteiger partial charge in [0, 0.05) is 12.3 Å². The van der Waals surface area contributed by atoms with E-state index in [2.05, 4.69) is 16.0 Å². The SMILES string of the molecule is COc1ccc2nccc(CCCC[C@H](O)[C@@H]3CN(C4=COC=C(C5=CC=CCC5)O4)C(=O)O3)c2n1. The van der Waals surface area contributed by atoms with Gasteiger partial charge in [-0.2, -0.15) is 0 Å². The molecule has 0 spiro atoms. The minimum atomic E-state index is -0.780. The lowest BCUT2D eigenvalue weighted by molar-refractivity contribution is 0.0266. The van der Waals surface area contributed by atoms with Crippen LogP contribution in [0.25, 0.3) is 11.0 Å². The van der Waals surface area contributed by atoms with Crippen LogP contribution in [0.2, 0.25) is 0 Å². The number of pyridine rings is 2. The van der Waals surface area contributed by atoms with Crippen LogP contribution in [0.1, 0.15) is 37.7 Å². The summed E-state index contributed by atoms with van der Waals surface area (Å²) in [6.07, 6.45) is 13.4. The molecule has 1 N–H and O–H groups in total. The smallest absolute Gasteiger partial charge is 0.417 e. The van der Waals surface area contributed by atoms with Gasteiger partial charge in [-0.15, -0.1) is 0 Å². The lowest BCUT2D eigenvalue weighted by atomic mass is 10.0. The number of aliphatic hydroxyl groups is 1. The Morgan fingerprint density at radius 3 is 3.00 bits per heavy atom. The molecule has 1 amide bonds. The first-order chi connectivity index (χ1) is 17.6. The number of nitrogens with zero attached hydrogens (tertiary/aromatic N) is 3. The molecule has 1 aliphatic carbocycles. The van der Waals surface area contributed by atoms with Crippen LogP contribution in [0, 0.1) is 0 Å². The van der Waals surface area contributed by atoms with Crippen LogP contribution in [-0.4, -0.2) is 51.9 Å². The maximum Gasteiger partial charge on any atom is 0.417 e. The molecular weight excluding hydrogens is 462 g/mol. The molecule has 0 saturated carbocycles. The Kier molecular flexibility index (Phi) is 7.18. The van der Waals surface area contributed by atoms with E-state index in [0.717, 1.165) is 54.3 Å². The summed E-state index contributed by atoms with van der Waals surface area (Å²) in [7, 11) is 1.59. The molecule has 5 rings (SSSR count). The monoisotopic (exact) mass is 491 g/mol. The van der Waals surface area contributed by atoms with Crippen molar-refractivity contribution in [1.29, 1.82) is 0 Å². The number of amides is 1. The standard InChI is InChI=1S/C27H29N3O6/c1-33-24-12-11-20-26(29-24)19(13-14-28-20)9-5-6-10-21(31)22-15-30(27(32)36-22)25-17-34-16-23(35-25)18-7-3-2-4-8-18/h2-3,7,11-14,16-17,21-22,31H,4-6,8-10,15H2,1H3/t21-,22-/m0/s1. The summed E-state index contributed by atoms with van der Waals surface area (Å²) in [5.74, 6) is 1.39. The fraction of sp³-hybridized carbons (Fsp3) is 0.370. The number of hydrogen-bond acceptors (Lipinski definition) is 8. The van der Waals surface area contributed by atoms with Crippen LogP contribution < -0.4 is 4.74 Å². The Labute approximate surface area is 209 Å². The number of carbonyl (C=O) groups is 1. The Hall–Kier alpha value is -3.85. The van der Waals surface area contributed by atoms with Gasteiger partial charge in [0.05, 0.1) is 30.8 Å². The third-order valence-corrected chi connectivity index (χ3v) is 6.47. The Morgan fingerprint density at radius 1 is 1.25 bits per heavy atom. The third kappa shape index (κ3) is 5.21. The zero-order valence-electron chi connectivity index (χ0n) is 20.1. The first-order valence-electron chi connectivity index (χ1n) is 12.2. The molecule has 2 aliphatic heterocycles. The van der Waals surface area contributed by atoms with Crippen LogP contribution in [0.5, 0.6) is 5.88 Å². The highest BCUT2D eigenvalue weighted by Gasteiger charge is 2.39. The number of fused-ring (bicyclic) bond motifs is 1. The maximum atomic E-state index is 12.5. The predicted octanol–water partition coefficient (Wildman–Crippen LogP) is 4.50. The van der Waals surface area contributed by atoms with Crippen molar-refractivity contribution < 1.29 is 28.8 Å². The number of ether oxygens (including phenoxy) is 4. The van der Waals surface area contributed by atoms with Gasteiger partial charge < -0.3 is 24.1 Å². The highest BCUT2D eigenvalue weighted by molar-refractivity contribution is 5.78. The second kappa shape index (κ2) is 10.8. The summed E-state index contributed by atoms with van der Waals surface area (Å²) in [4.78, 5) is 22.8. The Morgan fingerprint density at radius 2 is 2.17 bits per heavy atom. The average molecular weight is 492 g/mol. The summed E-state index contributed by atoms with van der Waals surface area (Å²) in [5, 5.41) is 10.7. The van der Waals surface area contributed by atoms with E-state index >= 15 is 0 Å². The molecule has 0 aromatic carbocycles. The van der Waals surface area contributed by atoms with Gasteiger partial charge in [-0.05, 0) is 55.4 Å². The van der Waals surface area contributed by atoms with E-state index in [1.165, 1.54) is 17.4 Å². The van der Waals surface area contributed by atoms with Crippen LogP contribution in [0.15, 0.2) is 72.4 Å². The molecule has 36 heavy (non-hydrogen) atoms. The molecule has 9 heteroatoms. The topological polar surface area (TPSA) is 103 Å². The number of allylic oxidation sites excluding steroid dienone is 4. The number of aromatic nitrogens is 2. The fourth-order valence-electron chi connectivity index (χ4n) is 4.48. The molecule has 2 aromatic rings. The van der Waals surface area contributed by atoms with Crippen molar-refractivity contribution in [3.05, 3.63) is 77.9 Å². The van der Waals surface area contributed by atoms with Crippen molar-refractivity contribution in [3.8, 4) is 5.88 Å². The molecular formula is C27H29N3O6. The van der Waals surface area contributed by atoms with Crippen molar-refractivity contribution in [2.45, 2.75) is 50.7 Å². The molecule has 3 aliphatic rings. The van der Waals surface area contributed by atoms with E-state index in [-0.39, 0.29) is 12.4 Å². The predicted molar refractivity (Wildman–Crippen MR) is 131 cm³/mol. The molecule has 2 aromatic heterocycles. The van der Waals surface area contributed by atoms with E-state index in [1.807, 2.05) is 24.3 Å². The number of unbranched alkanes of at least 4 members (excludes halogenated alkanes) is 1. The Balaban J connectivity index is 1.12. The molecule has 0 unspecified atom stereocenters. The number of methoxy groups -OCH3 is 1. The summed E-state index contributed by atoms with van der Waals surface area (Å²) >= 11 is 0. The van der Waals surface area contributed by atoms with Gasteiger partial charge in [-0.3, -0.25) is 4.98 Å². The number of rotatable bonds is 9. The van der Waals surface area contributed by atoms with Gasteiger partial charge in [-0.25, -0.2) is 14.7 Å². The van der Waals surface area contributed by atoms with Crippen molar-refractivity contribution in [2.75, 3.05) is 13.7 Å². The minimum Gasteiger partial charge on any atom is -0.481 e. The van der Waals surface area contributed by atoms with Crippen LogP contribution in [-0.2, 0) is 20.6 Å². The van der Waals surface area contributed by atoms with E-state index < -0.39 is 18.3 Å². The first-order valence-corrected chi connectivity index (χ1v) is 12.2. The van der Waals surface area contributed by atoms with Crippen molar-refractivity contribution in [1.82, 2.24) is 14.9 Å². The Bertz CT molecular complexity index is 1250. The highest BCUT2D eigenvalue weighted by atomic mass is 16.6. The van der Waals surface area contributed by atoms with Gasteiger partial charge >= 0.3 is 6.09 Å². The molecule has 0 bridgehead atoms. The molecule has 4 heterocycles. The van der Waals surface area contributed by atoms with Crippen LogP contribution in [0.3, 0.4) is 0 Å². The third-order valence-electron chi connectivity index (χ3n) is 6.47. The number of cyclic esters (lactones) is 1. The van der Waals surface area contributed by atoms with Crippen LogP contribution in [0.4, 0.5) is 4.79 Å². The highest BCUT2D eigenvalue weighted by Crippen LogP contribution is 2.30. The zero-order valence-corrected chi connectivity index (χ0v) is 20.1. The van der Waals surface area contributed by atoms with Gasteiger partial charge in [0.15, 0.2) is 12.0 Å². The fourth-order valence-corrected chi connectivity index (χ4v) is 4.48. The van der Waals surface area contributed by atoms with Crippen molar-refractivity contribution in [2.24, 2.45) is 0 Å². The minimum absolute atomic E-state index is 0.195. The largest absolute Gasteiger partial charge is 0.481 e. The molecule has 9 nitrogen and oxygen atoms in total. The van der Waals surface area contributed by atoms with Gasteiger partial charge in [0.1, 0.15) is 12.4 Å². The van der Waals surface area contributed by atoms with Gasteiger partial charge in [0.2, 0.25) is 11.8 Å². The van der Waals surface area contributed by atoms with Crippen molar-refractivity contribution in [3.63, 3.8) is 0 Å². The average Bonchev–Trinajstić information content (AvgIpc) is 3.33. The maximum absolute atomic E-state index is 12.5. The summed E-state index contributed by atoms with van der Waals surface area (Å²) in [6.45, 7) is 0.195. The van der Waals surface area contributed by atoms with E-state index in [4.69, 9.17) is 18.9 Å². The quantitative estimate of drug-likeness (QED) is 0.512. The summed E-state index contributed by atoms with van der Waals surface area (Å²) < 4.78 is 22.0. The number of carbonyl (C=O) groups excluding carboxylic acids is 1. The molecule has 1 saturated heterocycles. The lowest BCUT2D eigenvalue weighted by Crippen LogP contribution is -2.31.